The number of hydrogen-bond donors (Lipinski definition) is 2. The zero-order valence-corrected chi connectivity index (χ0v) is 13.2. The quantitative estimate of drug-likeness (QED) is 0.809. The highest BCUT2D eigenvalue weighted by Gasteiger charge is 2.07. The summed E-state index contributed by atoms with van der Waals surface area (Å²) < 4.78 is 0.940. The molecule has 0 bridgehead atoms. The highest BCUT2D eigenvalue weighted by molar-refractivity contribution is 9.10. The number of nitrogens with one attached hydrogen (secondary N) is 2. The zero-order chi connectivity index (χ0) is 14.5. The molecule has 2 N–H and O–H groups in total. The Morgan fingerprint density at radius 2 is 1.90 bits per heavy atom. The molecule has 0 aromatic heterocycles. The number of anilines is 1. The molecule has 0 spiro atoms. The average molecular weight is 349 g/mol. The Labute approximate surface area is 131 Å². The van der Waals surface area contributed by atoms with E-state index in [1.807, 2.05) is 49.4 Å². The molecule has 2 rings (SSSR count). The normalized spacial score (nSPS) is 9.90. The number of benzene rings is 2. The summed E-state index contributed by atoms with van der Waals surface area (Å²) in [5, 5.41) is 5.90. The Balaban J connectivity index is 1.99. The van der Waals surface area contributed by atoms with Crippen molar-refractivity contribution in [3.63, 3.8) is 0 Å². The highest BCUT2D eigenvalue weighted by Crippen LogP contribution is 2.15. The lowest BCUT2D eigenvalue weighted by Gasteiger charge is -2.10. The minimum absolute atomic E-state index is 0.221. The Bertz CT molecular complexity index is 658. The predicted molar refractivity (Wildman–Crippen MR) is 89.0 cm³/mol. The van der Waals surface area contributed by atoms with E-state index in [9.17, 15) is 4.79 Å². The van der Waals surface area contributed by atoms with E-state index >= 15 is 0 Å². The van der Waals surface area contributed by atoms with Gasteiger partial charge < -0.3 is 5.32 Å². The summed E-state index contributed by atoms with van der Waals surface area (Å²) in [7, 11) is 0. The summed E-state index contributed by atoms with van der Waals surface area (Å²) in [4.78, 5) is 12.0. The van der Waals surface area contributed by atoms with Crippen molar-refractivity contribution in [2.75, 3.05) is 5.32 Å². The van der Waals surface area contributed by atoms with Crippen LogP contribution < -0.4 is 10.6 Å². The summed E-state index contributed by atoms with van der Waals surface area (Å²) in [5.74, 6) is -0.221. The number of carbonyl (C=O) groups is 1. The molecule has 0 unspecified atom stereocenters. The molecule has 0 fully saturated rings. The van der Waals surface area contributed by atoms with Crippen molar-refractivity contribution in [2.24, 2.45) is 0 Å². The largest absolute Gasteiger partial charge is 0.332 e. The first-order valence-electron chi connectivity index (χ1n) is 5.99. The van der Waals surface area contributed by atoms with Crippen LogP contribution >= 0.6 is 28.1 Å². The van der Waals surface area contributed by atoms with Crippen LogP contribution in [0.4, 0.5) is 5.69 Å². The van der Waals surface area contributed by atoms with Crippen LogP contribution in [0.5, 0.6) is 0 Å². The number of hydrogen-bond acceptors (Lipinski definition) is 2. The van der Waals surface area contributed by atoms with Gasteiger partial charge in [-0.1, -0.05) is 39.7 Å². The summed E-state index contributed by atoms with van der Waals surface area (Å²) in [6.07, 6.45) is 0. The third-order valence-corrected chi connectivity index (χ3v) is 3.29. The number of rotatable bonds is 2. The molecule has 2 aromatic carbocycles. The van der Waals surface area contributed by atoms with Gasteiger partial charge in [0.05, 0.1) is 0 Å². The van der Waals surface area contributed by atoms with Crippen LogP contribution in [0.3, 0.4) is 0 Å². The minimum Gasteiger partial charge on any atom is -0.332 e. The Morgan fingerprint density at radius 3 is 2.60 bits per heavy atom. The standard InChI is InChI=1S/C15H13BrN2OS/c1-10-4-2-5-11(8-10)14(19)18-15(20)17-13-7-3-6-12(16)9-13/h2-9H,1H3,(H2,17,18,19,20). The van der Waals surface area contributed by atoms with Gasteiger partial charge in [-0.05, 0) is 49.5 Å². The van der Waals surface area contributed by atoms with Crippen LogP contribution in [-0.2, 0) is 0 Å². The minimum atomic E-state index is -0.221. The first-order valence-corrected chi connectivity index (χ1v) is 7.19. The zero-order valence-electron chi connectivity index (χ0n) is 10.8. The second kappa shape index (κ2) is 6.63. The molecule has 5 heteroatoms. The summed E-state index contributed by atoms with van der Waals surface area (Å²) in [5.41, 5.74) is 2.43. The number of amides is 1. The molecule has 1 amide bonds. The van der Waals surface area contributed by atoms with Gasteiger partial charge in [-0.2, -0.15) is 0 Å². The van der Waals surface area contributed by atoms with Crippen molar-refractivity contribution in [3.8, 4) is 0 Å². The van der Waals surface area contributed by atoms with Crippen molar-refractivity contribution in [1.29, 1.82) is 0 Å². The molecule has 0 radical (unpaired) electrons. The van der Waals surface area contributed by atoms with Crippen LogP contribution in [0.15, 0.2) is 53.0 Å². The van der Waals surface area contributed by atoms with E-state index in [0.29, 0.717) is 5.56 Å². The van der Waals surface area contributed by atoms with Gasteiger partial charge in [-0.15, -0.1) is 0 Å². The molecule has 2 aromatic rings. The molecule has 102 valence electrons. The lowest BCUT2D eigenvalue weighted by Crippen LogP contribution is -2.34. The van der Waals surface area contributed by atoms with Gasteiger partial charge in [0.1, 0.15) is 0 Å². The fraction of sp³-hybridized carbons (Fsp3) is 0.0667. The van der Waals surface area contributed by atoms with Crippen molar-refractivity contribution < 1.29 is 4.79 Å². The number of aryl methyl sites for hydroxylation is 1. The van der Waals surface area contributed by atoms with Gasteiger partial charge in [0.15, 0.2) is 5.11 Å². The van der Waals surface area contributed by atoms with Gasteiger partial charge in [0.25, 0.3) is 5.91 Å². The van der Waals surface area contributed by atoms with Gasteiger partial charge in [0, 0.05) is 15.7 Å². The molecular formula is C15H13BrN2OS. The molecule has 0 aliphatic heterocycles. The molecule has 0 aliphatic carbocycles. The first kappa shape index (κ1) is 14.7. The van der Waals surface area contributed by atoms with E-state index < -0.39 is 0 Å². The lowest BCUT2D eigenvalue weighted by atomic mass is 10.1. The molecule has 0 saturated carbocycles. The smallest absolute Gasteiger partial charge is 0.257 e. The molecule has 0 atom stereocenters. The lowest BCUT2D eigenvalue weighted by molar-refractivity contribution is 0.0977. The van der Waals surface area contributed by atoms with E-state index in [2.05, 4.69) is 26.6 Å². The van der Waals surface area contributed by atoms with E-state index in [0.717, 1.165) is 15.7 Å². The van der Waals surface area contributed by atoms with Gasteiger partial charge in [0.2, 0.25) is 0 Å². The van der Waals surface area contributed by atoms with E-state index in [1.54, 1.807) is 6.07 Å². The summed E-state index contributed by atoms with van der Waals surface area (Å²) >= 11 is 8.51. The third kappa shape index (κ3) is 4.15. The molecule has 3 nitrogen and oxygen atoms in total. The monoisotopic (exact) mass is 348 g/mol. The van der Waals surface area contributed by atoms with Crippen molar-refractivity contribution in [3.05, 3.63) is 64.1 Å². The first-order chi connectivity index (χ1) is 9.54. The average Bonchev–Trinajstić information content (AvgIpc) is 2.38. The van der Waals surface area contributed by atoms with Crippen LogP contribution in [0.25, 0.3) is 0 Å². The van der Waals surface area contributed by atoms with Gasteiger partial charge in [-0.25, -0.2) is 0 Å². The molecule has 0 aliphatic rings. The second-order valence-electron chi connectivity index (χ2n) is 4.29. The van der Waals surface area contributed by atoms with E-state index in [1.165, 1.54) is 0 Å². The third-order valence-electron chi connectivity index (χ3n) is 2.59. The molecule has 0 saturated heterocycles. The summed E-state index contributed by atoms with van der Waals surface area (Å²) in [6, 6.07) is 14.9. The topological polar surface area (TPSA) is 41.1 Å². The van der Waals surface area contributed by atoms with Gasteiger partial charge in [-0.3, -0.25) is 10.1 Å². The van der Waals surface area contributed by atoms with E-state index in [-0.39, 0.29) is 11.0 Å². The summed E-state index contributed by atoms with van der Waals surface area (Å²) in [6.45, 7) is 1.94. The Morgan fingerprint density at radius 1 is 1.15 bits per heavy atom. The van der Waals surface area contributed by atoms with E-state index in [4.69, 9.17) is 12.2 Å². The number of carbonyl (C=O) groups excluding carboxylic acids is 1. The van der Waals surface area contributed by atoms with Crippen LogP contribution in [0.1, 0.15) is 15.9 Å². The Kier molecular flexibility index (Phi) is 4.87. The van der Waals surface area contributed by atoms with Crippen molar-refractivity contribution >= 4 is 44.9 Å². The van der Waals surface area contributed by atoms with Crippen LogP contribution in [0, 0.1) is 6.92 Å². The van der Waals surface area contributed by atoms with Crippen molar-refractivity contribution in [1.82, 2.24) is 5.32 Å². The maximum atomic E-state index is 12.0. The predicted octanol–water partition coefficient (Wildman–Crippen LogP) is 3.88. The van der Waals surface area contributed by atoms with Gasteiger partial charge >= 0.3 is 0 Å². The maximum absolute atomic E-state index is 12.0. The molecule has 20 heavy (non-hydrogen) atoms. The number of halogens is 1. The van der Waals surface area contributed by atoms with Crippen LogP contribution in [0.2, 0.25) is 0 Å². The fourth-order valence-corrected chi connectivity index (χ4v) is 2.30. The molecular weight excluding hydrogens is 336 g/mol. The molecule has 0 heterocycles. The highest BCUT2D eigenvalue weighted by atomic mass is 79.9. The Hall–Kier alpha value is -1.72. The SMILES string of the molecule is Cc1cccc(C(=O)NC(=S)Nc2cccc(Br)c2)c1. The van der Waals surface area contributed by atoms with Crippen molar-refractivity contribution in [2.45, 2.75) is 6.92 Å². The number of thiocarbonyl (C=S) groups is 1. The van der Waals surface area contributed by atoms with Crippen LogP contribution in [-0.4, -0.2) is 11.0 Å². The maximum Gasteiger partial charge on any atom is 0.257 e. The second-order valence-corrected chi connectivity index (χ2v) is 5.61. The fourth-order valence-electron chi connectivity index (χ4n) is 1.69.